The summed E-state index contributed by atoms with van der Waals surface area (Å²) < 4.78 is 5.20. The Morgan fingerprint density at radius 2 is 2.09 bits per heavy atom. The topological polar surface area (TPSA) is 9.23 Å². The van der Waals surface area contributed by atoms with Gasteiger partial charge in [0.05, 0.1) is 6.61 Å². The molecule has 1 aromatic carbocycles. The lowest BCUT2D eigenvalue weighted by molar-refractivity contribution is 0.337. The van der Waals surface area contributed by atoms with E-state index in [0.717, 1.165) is 17.1 Å². The van der Waals surface area contributed by atoms with E-state index in [1.165, 1.54) is 16.7 Å². The number of benzene rings is 1. The molecule has 0 radical (unpaired) electrons. The summed E-state index contributed by atoms with van der Waals surface area (Å²) in [5.41, 5.74) is 4.03. The number of rotatable bonds is 2. The lowest BCUT2D eigenvalue weighted by Crippen LogP contribution is -1.93. The zero-order valence-electron chi connectivity index (χ0n) is 7.35. The van der Waals surface area contributed by atoms with Crippen molar-refractivity contribution in [2.75, 3.05) is 0 Å². The second kappa shape index (κ2) is 3.69. The van der Waals surface area contributed by atoms with Crippen LogP contribution in [0.1, 0.15) is 16.7 Å². The zero-order chi connectivity index (χ0) is 8.27. The maximum absolute atomic E-state index is 5.20. The largest absolute Gasteiger partial charge is 0.424 e. The molecule has 0 N–H and O–H groups in total. The average Bonchev–Trinajstić information content (AvgIpc) is 1.99. The van der Waals surface area contributed by atoms with Gasteiger partial charge >= 0.3 is 0 Å². The molecule has 0 amide bonds. The van der Waals surface area contributed by atoms with Crippen molar-refractivity contribution in [2.45, 2.75) is 20.5 Å². The molecule has 0 aromatic heterocycles. The Morgan fingerprint density at radius 3 is 2.73 bits per heavy atom. The normalized spacial score (nSPS) is 10.4. The van der Waals surface area contributed by atoms with Crippen LogP contribution in [0.3, 0.4) is 0 Å². The monoisotopic (exact) mass is 166 g/mol. The van der Waals surface area contributed by atoms with Crippen LogP contribution in [0, 0.1) is 13.8 Å². The van der Waals surface area contributed by atoms with Gasteiger partial charge in [-0.1, -0.05) is 18.2 Å². The van der Waals surface area contributed by atoms with Gasteiger partial charge in [0.15, 0.2) is 0 Å². The summed E-state index contributed by atoms with van der Waals surface area (Å²) in [5.74, 6) is 0. The Kier molecular flexibility index (Phi) is 2.85. The Labute approximate surface area is 70.9 Å². The lowest BCUT2D eigenvalue weighted by atomic mass is 10.0. The van der Waals surface area contributed by atoms with Crippen LogP contribution >= 0.6 is 0 Å². The first-order chi connectivity index (χ1) is 5.25. The van der Waals surface area contributed by atoms with Gasteiger partial charge in [0.1, 0.15) is 10.5 Å². The minimum atomic E-state index is 0.778. The molecule has 0 atom stereocenters. The van der Waals surface area contributed by atoms with Crippen molar-refractivity contribution >= 4 is 10.5 Å². The van der Waals surface area contributed by atoms with E-state index < -0.39 is 0 Å². The summed E-state index contributed by atoms with van der Waals surface area (Å²) >= 11 is 0. The SMILES string of the molecule is Cc1cccc(CO[SiH3])c1C. The fourth-order valence-electron chi connectivity index (χ4n) is 1.12. The van der Waals surface area contributed by atoms with Gasteiger partial charge in [0.2, 0.25) is 0 Å². The Bertz CT molecular complexity index is 245. The quantitative estimate of drug-likeness (QED) is 0.598. The second-order valence-electron chi connectivity index (χ2n) is 2.79. The molecule has 0 aliphatic rings. The van der Waals surface area contributed by atoms with Gasteiger partial charge in [-0.05, 0) is 30.5 Å². The van der Waals surface area contributed by atoms with E-state index in [9.17, 15) is 0 Å². The van der Waals surface area contributed by atoms with Gasteiger partial charge in [0, 0.05) is 0 Å². The highest BCUT2D eigenvalue weighted by atomic mass is 28.2. The molecule has 1 nitrogen and oxygen atoms in total. The van der Waals surface area contributed by atoms with Gasteiger partial charge in [-0.25, -0.2) is 0 Å². The fraction of sp³-hybridized carbons (Fsp3) is 0.333. The van der Waals surface area contributed by atoms with Crippen LogP contribution < -0.4 is 0 Å². The van der Waals surface area contributed by atoms with E-state index in [2.05, 4.69) is 32.0 Å². The third-order valence-electron chi connectivity index (χ3n) is 2.02. The molecule has 0 fully saturated rings. The molecular weight excluding hydrogens is 152 g/mol. The predicted octanol–water partition coefficient (Wildman–Crippen LogP) is 1.10. The molecule has 0 unspecified atom stereocenters. The Morgan fingerprint density at radius 1 is 1.36 bits per heavy atom. The molecule has 0 spiro atoms. The summed E-state index contributed by atoms with van der Waals surface area (Å²) in [4.78, 5) is 0. The van der Waals surface area contributed by atoms with Crippen LogP contribution in [0.4, 0.5) is 0 Å². The Hall–Kier alpha value is -0.603. The maximum atomic E-state index is 5.20. The molecule has 0 saturated carbocycles. The van der Waals surface area contributed by atoms with E-state index in [0.29, 0.717) is 0 Å². The number of hydrogen-bond acceptors (Lipinski definition) is 1. The molecule has 11 heavy (non-hydrogen) atoms. The number of hydrogen-bond donors (Lipinski definition) is 0. The molecule has 2 heteroatoms. The molecular formula is C9H14OSi. The van der Waals surface area contributed by atoms with Crippen molar-refractivity contribution in [3.63, 3.8) is 0 Å². The van der Waals surface area contributed by atoms with Gasteiger partial charge in [-0.15, -0.1) is 0 Å². The molecule has 0 heterocycles. The summed E-state index contributed by atoms with van der Waals surface area (Å²) in [6.07, 6.45) is 0. The summed E-state index contributed by atoms with van der Waals surface area (Å²) in [6.45, 7) is 5.05. The first-order valence-electron chi connectivity index (χ1n) is 3.79. The van der Waals surface area contributed by atoms with Crippen LogP contribution in [-0.4, -0.2) is 10.5 Å². The molecule has 1 rings (SSSR count). The first-order valence-corrected chi connectivity index (χ1v) is 4.61. The molecule has 0 aliphatic heterocycles. The summed E-state index contributed by atoms with van der Waals surface area (Å²) in [6, 6.07) is 6.34. The van der Waals surface area contributed by atoms with Crippen molar-refractivity contribution in [1.82, 2.24) is 0 Å². The van der Waals surface area contributed by atoms with Crippen LogP contribution in [0.25, 0.3) is 0 Å². The highest BCUT2D eigenvalue weighted by Gasteiger charge is 1.97. The van der Waals surface area contributed by atoms with Gasteiger partial charge in [-0.3, -0.25) is 0 Å². The highest BCUT2D eigenvalue weighted by molar-refractivity contribution is 5.97. The second-order valence-corrected chi connectivity index (χ2v) is 3.37. The smallest absolute Gasteiger partial charge is 0.146 e. The molecule has 1 aromatic rings. The summed E-state index contributed by atoms with van der Waals surface area (Å²) in [5, 5.41) is 0. The van der Waals surface area contributed by atoms with Crippen molar-refractivity contribution in [3.8, 4) is 0 Å². The van der Waals surface area contributed by atoms with E-state index in [1.807, 2.05) is 0 Å². The molecule has 0 aliphatic carbocycles. The van der Waals surface area contributed by atoms with Gasteiger partial charge in [0.25, 0.3) is 0 Å². The predicted molar refractivity (Wildman–Crippen MR) is 50.6 cm³/mol. The van der Waals surface area contributed by atoms with Crippen LogP contribution in [0.2, 0.25) is 0 Å². The van der Waals surface area contributed by atoms with Gasteiger partial charge in [-0.2, -0.15) is 0 Å². The van der Waals surface area contributed by atoms with E-state index in [4.69, 9.17) is 4.43 Å². The third kappa shape index (κ3) is 1.91. The van der Waals surface area contributed by atoms with Crippen LogP contribution in [0.5, 0.6) is 0 Å². The minimum Gasteiger partial charge on any atom is -0.424 e. The van der Waals surface area contributed by atoms with Crippen molar-refractivity contribution < 1.29 is 4.43 Å². The summed E-state index contributed by atoms with van der Waals surface area (Å²) in [7, 11) is 0.820. The highest BCUT2D eigenvalue weighted by Crippen LogP contribution is 2.12. The van der Waals surface area contributed by atoms with E-state index >= 15 is 0 Å². The number of aryl methyl sites for hydroxylation is 1. The molecule has 0 bridgehead atoms. The molecule has 60 valence electrons. The third-order valence-corrected chi connectivity index (χ3v) is 2.31. The lowest BCUT2D eigenvalue weighted by Gasteiger charge is -2.06. The average molecular weight is 166 g/mol. The maximum Gasteiger partial charge on any atom is 0.146 e. The van der Waals surface area contributed by atoms with Gasteiger partial charge < -0.3 is 4.43 Å². The molecule has 0 saturated heterocycles. The van der Waals surface area contributed by atoms with Crippen LogP contribution in [0.15, 0.2) is 18.2 Å². The minimum absolute atomic E-state index is 0.778. The van der Waals surface area contributed by atoms with Crippen molar-refractivity contribution in [2.24, 2.45) is 0 Å². The van der Waals surface area contributed by atoms with Crippen LogP contribution in [-0.2, 0) is 11.0 Å². The van der Waals surface area contributed by atoms with Crippen molar-refractivity contribution in [1.29, 1.82) is 0 Å². The van der Waals surface area contributed by atoms with Crippen molar-refractivity contribution in [3.05, 3.63) is 34.9 Å². The standard InChI is InChI=1S/C9H14OSi/c1-7-4-3-5-9(6-10-11)8(7)2/h3-5H,6H2,1-2,11H3. The first kappa shape index (κ1) is 8.49. The van der Waals surface area contributed by atoms with E-state index in [1.54, 1.807) is 0 Å². The van der Waals surface area contributed by atoms with E-state index in [-0.39, 0.29) is 0 Å². The Balaban J connectivity index is 2.96. The fourth-order valence-corrected chi connectivity index (χ4v) is 1.43. The zero-order valence-corrected chi connectivity index (χ0v) is 9.35.